The van der Waals surface area contributed by atoms with Gasteiger partial charge in [0.1, 0.15) is 12.4 Å². The fourth-order valence-electron chi connectivity index (χ4n) is 2.16. The number of anilines is 2. The number of ketones is 1. The molecule has 0 unspecified atom stereocenters. The number of nitrogens with zero attached hydrogens (tertiary/aromatic N) is 1. The molecule has 2 aromatic carbocycles. The Hall–Kier alpha value is -2.45. The molecule has 0 saturated carbocycles. The summed E-state index contributed by atoms with van der Waals surface area (Å²) >= 11 is 5.69. The maximum Gasteiger partial charge on any atom is 0.245 e. The maximum absolute atomic E-state index is 13.3. The molecule has 9 heteroatoms. The van der Waals surface area contributed by atoms with Crippen molar-refractivity contribution in [3.63, 3.8) is 0 Å². The summed E-state index contributed by atoms with van der Waals surface area (Å²) in [5, 5.41) is 2.29. The van der Waals surface area contributed by atoms with Gasteiger partial charge in [-0.2, -0.15) is 0 Å². The van der Waals surface area contributed by atoms with E-state index >= 15 is 0 Å². The van der Waals surface area contributed by atoms with Gasteiger partial charge >= 0.3 is 0 Å². The summed E-state index contributed by atoms with van der Waals surface area (Å²) in [5.41, 5.74) is 0.966. The topological polar surface area (TPSA) is 83.6 Å². The minimum Gasteiger partial charge on any atom is -0.325 e. The third-order valence-corrected chi connectivity index (χ3v) is 4.88. The summed E-state index contributed by atoms with van der Waals surface area (Å²) in [7, 11) is -3.81. The summed E-state index contributed by atoms with van der Waals surface area (Å²) in [6.07, 6.45) is 0.930. The molecule has 2 rings (SSSR count). The summed E-state index contributed by atoms with van der Waals surface area (Å²) in [5.74, 6) is -1.41. The number of rotatable bonds is 6. The zero-order chi connectivity index (χ0) is 19.5. The molecule has 0 atom stereocenters. The van der Waals surface area contributed by atoms with Gasteiger partial charge in [-0.25, -0.2) is 12.8 Å². The Morgan fingerprint density at radius 2 is 1.77 bits per heavy atom. The van der Waals surface area contributed by atoms with E-state index in [9.17, 15) is 22.4 Å². The highest BCUT2D eigenvalue weighted by molar-refractivity contribution is 7.92. The van der Waals surface area contributed by atoms with Gasteiger partial charge in [0.05, 0.1) is 17.0 Å². The first-order chi connectivity index (χ1) is 12.1. The predicted octanol–water partition coefficient (Wildman–Crippen LogP) is 3.09. The number of carbonyl (C=O) groups is 2. The molecule has 0 heterocycles. The van der Waals surface area contributed by atoms with E-state index in [2.05, 4.69) is 5.32 Å². The zero-order valence-electron chi connectivity index (χ0n) is 14.0. The van der Waals surface area contributed by atoms with E-state index in [-0.39, 0.29) is 16.5 Å². The lowest BCUT2D eigenvalue weighted by atomic mass is 10.1. The lowest BCUT2D eigenvalue weighted by molar-refractivity contribution is -0.114. The van der Waals surface area contributed by atoms with Gasteiger partial charge in [-0.3, -0.25) is 13.9 Å². The van der Waals surface area contributed by atoms with E-state index in [0.717, 1.165) is 22.7 Å². The fraction of sp³-hybridized carbons (Fsp3) is 0.176. The summed E-state index contributed by atoms with van der Waals surface area (Å²) < 4.78 is 38.1. The first-order valence-electron chi connectivity index (χ1n) is 7.41. The average molecular weight is 399 g/mol. The Kier molecular flexibility index (Phi) is 5.99. The number of sulfonamides is 1. The third kappa shape index (κ3) is 5.03. The van der Waals surface area contributed by atoms with Crippen molar-refractivity contribution in [3.8, 4) is 0 Å². The van der Waals surface area contributed by atoms with Crippen LogP contribution in [0.1, 0.15) is 17.3 Å². The number of carbonyl (C=O) groups excluding carboxylic acids is 2. The van der Waals surface area contributed by atoms with E-state index in [0.29, 0.717) is 11.3 Å². The number of benzene rings is 2. The number of hydrogen-bond acceptors (Lipinski definition) is 4. The molecule has 2 aromatic rings. The Balaban J connectivity index is 2.19. The van der Waals surface area contributed by atoms with Gasteiger partial charge in [0.15, 0.2) is 5.78 Å². The van der Waals surface area contributed by atoms with E-state index in [4.69, 9.17) is 11.6 Å². The van der Waals surface area contributed by atoms with Crippen LogP contribution in [0.3, 0.4) is 0 Å². The van der Waals surface area contributed by atoms with Gasteiger partial charge < -0.3 is 5.32 Å². The molecule has 0 aliphatic carbocycles. The molecule has 138 valence electrons. The number of hydrogen-bond donors (Lipinski definition) is 1. The van der Waals surface area contributed by atoms with E-state index in [1.807, 2.05) is 0 Å². The van der Waals surface area contributed by atoms with Crippen molar-refractivity contribution in [2.45, 2.75) is 6.92 Å². The summed E-state index contributed by atoms with van der Waals surface area (Å²) in [6, 6.07) is 9.54. The molecule has 1 N–H and O–H groups in total. The Morgan fingerprint density at radius 3 is 2.27 bits per heavy atom. The monoisotopic (exact) mass is 398 g/mol. The van der Waals surface area contributed by atoms with E-state index in [1.165, 1.54) is 25.1 Å². The van der Waals surface area contributed by atoms with Crippen molar-refractivity contribution in [2.75, 3.05) is 22.4 Å². The average Bonchev–Trinajstić information content (AvgIpc) is 2.55. The van der Waals surface area contributed by atoms with Crippen LogP contribution in [-0.4, -0.2) is 32.9 Å². The van der Waals surface area contributed by atoms with Crippen LogP contribution in [0.15, 0.2) is 42.5 Å². The van der Waals surface area contributed by atoms with Gasteiger partial charge in [0.25, 0.3) is 0 Å². The lowest BCUT2D eigenvalue weighted by Gasteiger charge is -2.22. The second-order valence-corrected chi connectivity index (χ2v) is 7.86. The highest BCUT2D eigenvalue weighted by atomic mass is 35.5. The Bertz CT molecular complexity index is 946. The van der Waals surface area contributed by atoms with E-state index in [1.54, 1.807) is 12.1 Å². The molecule has 6 nitrogen and oxygen atoms in total. The molecular formula is C17H16ClFN2O4S. The van der Waals surface area contributed by atoms with Gasteiger partial charge in [0, 0.05) is 11.3 Å². The minimum absolute atomic E-state index is 0.0703. The molecule has 0 fully saturated rings. The van der Waals surface area contributed by atoms with Gasteiger partial charge in [-0.05, 0) is 49.4 Å². The van der Waals surface area contributed by atoms with Crippen molar-refractivity contribution in [2.24, 2.45) is 0 Å². The molecule has 26 heavy (non-hydrogen) atoms. The van der Waals surface area contributed by atoms with Gasteiger partial charge in [-0.15, -0.1) is 0 Å². The fourth-order valence-corrected chi connectivity index (χ4v) is 3.18. The van der Waals surface area contributed by atoms with Crippen molar-refractivity contribution < 1.29 is 22.4 Å². The van der Waals surface area contributed by atoms with Crippen LogP contribution in [0.4, 0.5) is 15.8 Å². The molecular weight excluding hydrogens is 383 g/mol. The van der Waals surface area contributed by atoms with Crippen molar-refractivity contribution in [3.05, 3.63) is 58.9 Å². The van der Waals surface area contributed by atoms with E-state index < -0.39 is 28.3 Å². The third-order valence-electron chi connectivity index (χ3n) is 3.45. The smallest absolute Gasteiger partial charge is 0.245 e. The molecule has 0 aliphatic heterocycles. The first kappa shape index (κ1) is 19.9. The summed E-state index contributed by atoms with van der Waals surface area (Å²) in [6.45, 7) is 0.903. The van der Waals surface area contributed by atoms with Crippen molar-refractivity contribution >= 4 is 44.7 Å². The Labute approximate surface area is 155 Å². The number of halogens is 2. The van der Waals surface area contributed by atoms with Gasteiger partial charge in [-0.1, -0.05) is 11.6 Å². The van der Waals surface area contributed by atoms with Gasteiger partial charge in [0.2, 0.25) is 15.9 Å². The molecule has 0 saturated heterocycles. The molecule has 1 amide bonds. The van der Waals surface area contributed by atoms with Crippen LogP contribution in [0.25, 0.3) is 0 Å². The number of Topliss-reactive ketones (excluding diaryl/α,β-unsaturated/α-hetero) is 1. The maximum atomic E-state index is 13.3. The van der Waals surface area contributed by atoms with Crippen LogP contribution in [0.2, 0.25) is 5.02 Å². The highest BCUT2D eigenvalue weighted by Crippen LogP contribution is 2.24. The largest absolute Gasteiger partial charge is 0.325 e. The second-order valence-electron chi connectivity index (χ2n) is 5.55. The SMILES string of the molecule is CC(=O)c1ccc(NC(=O)CN(c2ccc(F)c(Cl)c2)S(C)(=O)=O)cc1. The van der Waals surface area contributed by atoms with Crippen LogP contribution in [-0.2, 0) is 14.8 Å². The highest BCUT2D eigenvalue weighted by Gasteiger charge is 2.22. The molecule has 0 bridgehead atoms. The van der Waals surface area contributed by atoms with Crippen molar-refractivity contribution in [1.29, 1.82) is 0 Å². The zero-order valence-corrected chi connectivity index (χ0v) is 15.6. The minimum atomic E-state index is -3.81. The predicted molar refractivity (Wildman–Crippen MR) is 98.7 cm³/mol. The molecule has 0 radical (unpaired) electrons. The van der Waals surface area contributed by atoms with Crippen LogP contribution in [0, 0.1) is 5.82 Å². The lowest BCUT2D eigenvalue weighted by Crippen LogP contribution is -2.37. The second kappa shape index (κ2) is 7.84. The molecule has 0 spiro atoms. The van der Waals surface area contributed by atoms with Crippen molar-refractivity contribution in [1.82, 2.24) is 0 Å². The van der Waals surface area contributed by atoms with Crippen LogP contribution >= 0.6 is 11.6 Å². The molecule has 0 aliphatic rings. The van der Waals surface area contributed by atoms with Crippen LogP contribution in [0.5, 0.6) is 0 Å². The standard InChI is InChI=1S/C17H16ClFN2O4S/c1-11(22)12-3-5-13(6-4-12)20-17(23)10-21(26(2,24)25)14-7-8-16(19)15(18)9-14/h3-9H,10H2,1-2H3,(H,20,23). The quantitative estimate of drug-likeness (QED) is 0.758. The first-order valence-corrected chi connectivity index (χ1v) is 9.64. The van der Waals surface area contributed by atoms with Crippen LogP contribution < -0.4 is 9.62 Å². The summed E-state index contributed by atoms with van der Waals surface area (Å²) in [4.78, 5) is 23.5. The normalized spacial score (nSPS) is 11.1. The number of amides is 1. The number of nitrogens with one attached hydrogen (secondary N) is 1. The molecule has 0 aromatic heterocycles. The Morgan fingerprint density at radius 1 is 1.15 bits per heavy atom.